The summed E-state index contributed by atoms with van der Waals surface area (Å²) >= 11 is 0. The average molecular weight is 353 g/mol. The van der Waals surface area contributed by atoms with Gasteiger partial charge in [-0.2, -0.15) is 0 Å². The van der Waals surface area contributed by atoms with Crippen LogP contribution in [0, 0.1) is 11.8 Å². The predicted molar refractivity (Wildman–Crippen MR) is 104 cm³/mol. The van der Waals surface area contributed by atoms with Gasteiger partial charge in [-0.25, -0.2) is 0 Å². The number of nitrogens with zero attached hydrogens (tertiary/aromatic N) is 2. The van der Waals surface area contributed by atoms with Crippen LogP contribution in [0.5, 0.6) is 0 Å². The number of hydrogen-bond donors (Lipinski definition) is 0. The van der Waals surface area contributed by atoms with E-state index >= 15 is 0 Å². The van der Waals surface area contributed by atoms with Gasteiger partial charge in [0.15, 0.2) is 0 Å². The molecule has 4 heteroatoms. The number of unbranched alkanes of at least 4 members (excludes halogenated alkanes) is 2. The van der Waals surface area contributed by atoms with Gasteiger partial charge < -0.3 is 9.80 Å². The highest BCUT2D eigenvalue weighted by Crippen LogP contribution is 2.20. The first-order valence-corrected chi connectivity index (χ1v) is 10.7. The number of rotatable bonds is 10. The molecule has 0 saturated carbocycles. The zero-order valence-corrected chi connectivity index (χ0v) is 17.1. The topological polar surface area (TPSA) is 40.6 Å². The van der Waals surface area contributed by atoms with Crippen LogP contribution in [0.25, 0.3) is 0 Å². The Kier molecular flexibility index (Phi) is 10.8. The second kappa shape index (κ2) is 12.3. The number of hydrogen-bond acceptors (Lipinski definition) is 2. The maximum absolute atomic E-state index is 12.8. The van der Waals surface area contributed by atoms with Crippen molar-refractivity contribution in [3.05, 3.63) is 0 Å². The van der Waals surface area contributed by atoms with Crippen molar-refractivity contribution >= 4 is 11.8 Å². The first kappa shape index (κ1) is 22.0. The van der Waals surface area contributed by atoms with Crippen LogP contribution in [0.4, 0.5) is 0 Å². The molecule has 0 spiro atoms. The highest BCUT2D eigenvalue weighted by atomic mass is 16.2. The minimum Gasteiger partial charge on any atom is -0.341 e. The highest BCUT2D eigenvalue weighted by molar-refractivity contribution is 5.80. The van der Waals surface area contributed by atoms with Gasteiger partial charge in [0.2, 0.25) is 11.8 Å². The maximum Gasteiger partial charge on any atom is 0.225 e. The molecule has 2 atom stereocenters. The van der Waals surface area contributed by atoms with Crippen LogP contribution in [0.1, 0.15) is 85.5 Å². The van der Waals surface area contributed by atoms with E-state index in [1.54, 1.807) is 0 Å². The summed E-state index contributed by atoms with van der Waals surface area (Å²) in [5, 5.41) is 0. The Bertz CT molecular complexity index is 361. The van der Waals surface area contributed by atoms with Crippen molar-refractivity contribution in [2.45, 2.75) is 85.5 Å². The lowest BCUT2D eigenvalue weighted by Crippen LogP contribution is -2.41. The van der Waals surface area contributed by atoms with Crippen molar-refractivity contribution in [1.82, 2.24) is 9.80 Å². The third kappa shape index (κ3) is 6.99. The average Bonchev–Trinajstić information content (AvgIpc) is 2.88. The number of carbonyl (C=O) groups excluding carboxylic acids is 2. The molecule has 0 bridgehead atoms. The molecular formula is C21H40N2O2. The van der Waals surface area contributed by atoms with Gasteiger partial charge in [0.1, 0.15) is 0 Å². The molecule has 4 nitrogen and oxygen atoms in total. The third-order valence-corrected chi connectivity index (χ3v) is 5.62. The van der Waals surface area contributed by atoms with Crippen LogP contribution in [-0.4, -0.2) is 47.8 Å². The van der Waals surface area contributed by atoms with E-state index in [2.05, 4.69) is 27.7 Å². The van der Waals surface area contributed by atoms with E-state index < -0.39 is 0 Å². The van der Waals surface area contributed by atoms with Gasteiger partial charge in [-0.15, -0.1) is 0 Å². The molecule has 0 aromatic rings. The van der Waals surface area contributed by atoms with Crippen molar-refractivity contribution in [2.24, 2.45) is 11.8 Å². The largest absolute Gasteiger partial charge is 0.341 e. The smallest absolute Gasteiger partial charge is 0.225 e. The third-order valence-electron chi connectivity index (χ3n) is 5.62. The van der Waals surface area contributed by atoms with E-state index in [0.29, 0.717) is 24.9 Å². The molecule has 0 aromatic carbocycles. The zero-order chi connectivity index (χ0) is 18.7. The molecule has 1 fully saturated rings. The number of amides is 2. The molecule has 2 unspecified atom stereocenters. The molecule has 1 saturated heterocycles. The summed E-state index contributed by atoms with van der Waals surface area (Å²) in [5.74, 6) is 0.942. The molecule has 1 aliphatic rings. The van der Waals surface area contributed by atoms with E-state index in [9.17, 15) is 9.59 Å². The summed E-state index contributed by atoms with van der Waals surface area (Å²) in [6, 6.07) is 0. The van der Waals surface area contributed by atoms with Crippen molar-refractivity contribution in [2.75, 3.05) is 26.2 Å². The van der Waals surface area contributed by atoms with Crippen molar-refractivity contribution in [3.8, 4) is 0 Å². The Morgan fingerprint density at radius 2 is 1.12 bits per heavy atom. The highest BCUT2D eigenvalue weighted by Gasteiger charge is 2.28. The molecule has 0 N–H and O–H groups in total. The lowest BCUT2D eigenvalue weighted by atomic mass is 9.97. The van der Waals surface area contributed by atoms with E-state index in [1.165, 1.54) is 0 Å². The SMILES string of the molecule is CCCCC(CC)C(=O)N1CCCN(C(=O)C(CC)CCCC)CC1. The molecule has 0 aromatic heterocycles. The van der Waals surface area contributed by atoms with Gasteiger partial charge in [-0.3, -0.25) is 9.59 Å². The maximum atomic E-state index is 12.8. The summed E-state index contributed by atoms with van der Waals surface area (Å²) < 4.78 is 0. The van der Waals surface area contributed by atoms with Gasteiger partial charge in [0, 0.05) is 38.0 Å². The second-order valence-electron chi connectivity index (χ2n) is 7.50. The normalized spacial score (nSPS) is 17.9. The quantitative estimate of drug-likeness (QED) is 0.581. The summed E-state index contributed by atoms with van der Waals surface area (Å²) in [7, 11) is 0. The second-order valence-corrected chi connectivity index (χ2v) is 7.50. The number of carbonyl (C=O) groups is 2. The van der Waals surface area contributed by atoms with Crippen LogP contribution < -0.4 is 0 Å². The molecular weight excluding hydrogens is 312 g/mol. The van der Waals surface area contributed by atoms with Gasteiger partial charge in [0.25, 0.3) is 0 Å². The molecule has 1 heterocycles. The van der Waals surface area contributed by atoms with Crippen LogP contribution in [0.3, 0.4) is 0 Å². The Balaban J connectivity index is 2.59. The molecule has 25 heavy (non-hydrogen) atoms. The lowest BCUT2D eigenvalue weighted by molar-refractivity contribution is -0.138. The van der Waals surface area contributed by atoms with E-state index in [4.69, 9.17) is 0 Å². The van der Waals surface area contributed by atoms with Crippen molar-refractivity contribution < 1.29 is 9.59 Å². The van der Waals surface area contributed by atoms with Gasteiger partial charge in [-0.1, -0.05) is 53.4 Å². The predicted octanol–water partition coefficient (Wildman–Crippen LogP) is 4.48. The summed E-state index contributed by atoms with van der Waals surface area (Å²) in [6.45, 7) is 11.6. The molecule has 1 aliphatic heterocycles. The van der Waals surface area contributed by atoms with Gasteiger partial charge in [0.05, 0.1) is 0 Å². The molecule has 2 amide bonds. The van der Waals surface area contributed by atoms with Crippen LogP contribution in [-0.2, 0) is 9.59 Å². The van der Waals surface area contributed by atoms with E-state index in [-0.39, 0.29) is 11.8 Å². The standard InChI is InChI=1S/C21H40N2O2/c1-5-9-12-18(7-3)20(24)22-14-11-15-23(17-16-22)21(25)19(8-4)13-10-6-2/h18-19H,5-17H2,1-4H3. The van der Waals surface area contributed by atoms with Crippen LogP contribution >= 0.6 is 0 Å². The Morgan fingerprint density at radius 1 is 0.720 bits per heavy atom. The van der Waals surface area contributed by atoms with Crippen LogP contribution in [0.15, 0.2) is 0 Å². The van der Waals surface area contributed by atoms with E-state index in [0.717, 1.165) is 70.9 Å². The fourth-order valence-corrected chi connectivity index (χ4v) is 3.78. The molecule has 0 aliphatic carbocycles. The summed E-state index contributed by atoms with van der Waals surface area (Å²) in [4.78, 5) is 29.7. The molecule has 1 rings (SSSR count). The minimum absolute atomic E-state index is 0.162. The fourth-order valence-electron chi connectivity index (χ4n) is 3.78. The summed E-state index contributed by atoms with van der Waals surface area (Å²) in [5.41, 5.74) is 0. The van der Waals surface area contributed by atoms with Gasteiger partial charge in [-0.05, 0) is 32.1 Å². The fraction of sp³-hybridized carbons (Fsp3) is 0.905. The first-order chi connectivity index (χ1) is 12.1. The summed E-state index contributed by atoms with van der Waals surface area (Å²) in [6.07, 6.45) is 9.28. The van der Waals surface area contributed by atoms with E-state index in [1.807, 2.05) is 9.80 Å². The van der Waals surface area contributed by atoms with Crippen molar-refractivity contribution in [1.29, 1.82) is 0 Å². The van der Waals surface area contributed by atoms with Crippen LogP contribution in [0.2, 0.25) is 0 Å². The lowest BCUT2D eigenvalue weighted by Gasteiger charge is -2.27. The molecule has 0 radical (unpaired) electrons. The Morgan fingerprint density at radius 3 is 1.44 bits per heavy atom. The monoisotopic (exact) mass is 352 g/mol. The van der Waals surface area contributed by atoms with Crippen molar-refractivity contribution in [3.63, 3.8) is 0 Å². The Hall–Kier alpha value is -1.06. The molecule has 146 valence electrons. The Labute approximate surface area is 155 Å². The van der Waals surface area contributed by atoms with Gasteiger partial charge >= 0.3 is 0 Å². The minimum atomic E-state index is 0.162. The first-order valence-electron chi connectivity index (χ1n) is 10.7. The zero-order valence-electron chi connectivity index (χ0n) is 17.1.